The van der Waals surface area contributed by atoms with Crippen LogP contribution in [0.3, 0.4) is 0 Å². The molecule has 20 heavy (non-hydrogen) atoms. The number of aromatic nitrogens is 1. The highest BCUT2D eigenvalue weighted by Gasteiger charge is 2.25. The smallest absolute Gasteiger partial charge is 0.335 e. The lowest BCUT2D eigenvalue weighted by Gasteiger charge is -2.29. The monoisotopic (exact) mass is 277 g/mol. The summed E-state index contributed by atoms with van der Waals surface area (Å²) in [4.78, 5) is 28.6. The van der Waals surface area contributed by atoms with Gasteiger partial charge in [-0.2, -0.15) is 0 Å². The number of carbonyl (C=O) groups excluding carboxylic acids is 1. The minimum absolute atomic E-state index is 0.0696. The molecular weight excluding hydrogens is 258 g/mol. The van der Waals surface area contributed by atoms with Crippen molar-refractivity contribution in [3.8, 4) is 0 Å². The van der Waals surface area contributed by atoms with Gasteiger partial charge in [0, 0.05) is 11.7 Å². The topological polar surface area (TPSA) is 96.5 Å². The summed E-state index contributed by atoms with van der Waals surface area (Å²) in [5.41, 5.74) is 6.11. The quantitative estimate of drug-likeness (QED) is 0.846. The van der Waals surface area contributed by atoms with Gasteiger partial charge in [0.2, 0.25) is 5.91 Å². The number of carbonyl (C=O) groups is 2. The van der Waals surface area contributed by atoms with Crippen LogP contribution < -0.4 is 10.6 Å². The van der Waals surface area contributed by atoms with Crippen LogP contribution in [0.2, 0.25) is 0 Å². The second-order valence-electron chi connectivity index (χ2n) is 5.19. The highest BCUT2D eigenvalue weighted by Crippen LogP contribution is 2.27. The molecule has 0 aliphatic heterocycles. The Morgan fingerprint density at radius 3 is 2.60 bits per heavy atom. The third-order valence-corrected chi connectivity index (χ3v) is 3.57. The summed E-state index contributed by atoms with van der Waals surface area (Å²) in [5.74, 6) is -0.910. The Morgan fingerprint density at radius 1 is 1.40 bits per heavy atom. The minimum atomic E-state index is -0.998. The van der Waals surface area contributed by atoms with Crippen molar-refractivity contribution in [2.45, 2.75) is 38.6 Å². The molecule has 0 spiro atoms. The summed E-state index contributed by atoms with van der Waals surface area (Å²) >= 11 is 0. The van der Waals surface area contributed by atoms with Gasteiger partial charge in [-0.1, -0.05) is 12.8 Å². The van der Waals surface area contributed by atoms with Crippen LogP contribution >= 0.6 is 0 Å². The standard InChI is InChI=1S/C14H19N3O3/c1-9-6-10(14(19)20)7-13(16-9)17(8-12(15)18)11-4-2-3-5-11/h6-7,11H,2-5,8H2,1H3,(H2,15,18)(H,19,20). The molecule has 1 aliphatic rings. The molecular formula is C14H19N3O3. The van der Waals surface area contributed by atoms with E-state index in [1.54, 1.807) is 6.92 Å². The molecule has 1 aliphatic carbocycles. The molecule has 2 rings (SSSR count). The van der Waals surface area contributed by atoms with Gasteiger partial charge in [0.25, 0.3) is 0 Å². The highest BCUT2D eigenvalue weighted by molar-refractivity contribution is 5.89. The number of rotatable bonds is 5. The first-order chi connectivity index (χ1) is 9.47. The van der Waals surface area contributed by atoms with E-state index < -0.39 is 11.9 Å². The zero-order valence-electron chi connectivity index (χ0n) is 11.5. The lowest BCUT2D eigenvalue weighted by Crippen LogP contribution is -2.40. The summed E-state index contributed by atoms with van der Waals surface area (Å²) in [7, 11) is 0. The highest BCUT2D eigenvalue weighted by atomic mass is 16.4. The van der Waals surface area contributed by atoms with Crippen molar-refractivity contribution in [3.05, 3.63) is 23.4 Å². The van der Waals surface area contributed by atoms with Crippen LogP contribution in [0.4, 0.5) is 5.82 Å². The number of amides is 1. The average Bonchev–Trinajstić information content (AvgIpc) is 2.88. The molecule has 0 radical (unpaired) electrons. The Labute approximate surface area is 117 Å². The van der Waals surface area contributed by atoms with Gasteiger partial charge in [-0.25, -0.2) is 9.78 Å². The molecule has 1 saturated carbocycles. The SMILES string of the molecule is Cc1cc(C(=O)O)cc(N(CC(N)=O)C2CCCC2)n1. The number of hydrogen-bond acceptors (Lipinski definition) is 4. The number of nitrogens with zero attached hydrogens (tertiary/aromatic N) is 2. The molecule has 1 fully saturated rings. The molecule has 0 unspecified atom stereocenters. The maximum Gasteiger partial charge on any atom is 0.335 e. The normalized spacial score (nSPS) is 15.2. The van der Waals surface area contributed by atoms with Crippen LogP contribution in [0.15, 0.2) is 12.1 Å². The van der Waals surface area contributed by atoms with E-state index in [1.165, 1.54) is 12.1 Å². The number of carboxylic acids is 1. The van der Waals surface area contributed by atoms with Crippen molar-refractivity contribution in [3.63, 3.8) is 0 Å². The number of aromatic carboxylic acids is 1. The van der Waals surface area contributed by atoms with E-state index in [0.717, 1.165) is 25.7 Å². The zero-order valence-corrected chi connectivity index (χ0v) is 11.5. The predicted molar refractivity (Wildman–Crippen MR) is 74.7 cm³/mol. The van der Waals surface area contributed by atoms with Crippen LogP contribution in [-0.4, -0.2) is 34.6 Å². The van der Waals surface area contributed by atoms with E-state index in [1.807, 2.05) is 4.90 Å². The molecule has 108 valence electrons. The Hall–Kier alpha value is -2.11. The minimum Gasteiger partial charge on any atom is -0.478 e. The number of primary amides is 1. The Balaban J connectivity index is 2.36. The zero-order chi connectivity index (χ0) is 14.7. The molecule has 1 amide bonds. The molecule has 1 aromatic heterocycles. The Morgan fingerprint density at radius 2 is 2.05 bits per heavy atom. The summed E-state index contributed by atoms with van der Waals surface area (Å²) in [6.07, 6.45) is 4.17. The number of anilines is 1. The number of aryl methyl sites for hydroxylation is 1. The molecule has 6 nitrogen and oxygen atoms in total. The maximum atomic E-state index is 11.3. The third kappa shape index (κ3) is 3.26. The van der Waals surface area contributed by atoms with E-state index in [0.29, 0.717) is 11.5 Å². The fourth-order valence-electron chi connectivity index (χ4n) is 2.70. The molecule has 1 heterocycles. The van der Waals surface area contributed by atoms with Gasteiger partial charge in [0.1, 0.15) is 5.82 Å². The van der Waals surface area contributed by atoms with Gasteiger partial charge in [0.05, 0.1) is 12.1 Å². The van der Waals surface area contributed by atoms with Crippen molar-refractivity contribution >= 4 is 17.7 Å². The predicted octanol–water partition coefficient (Wildman–Crippen LogP) is 1.32. The van der Waals surface area contributed by atoms with Crippen LogP contribution in [-0.2, 0) is 4.79 Å². The molecule has 0 aromatic carbocycles. The molecule has 1 aromatic rings. The van der Waals surface area contributed by atoms with Gasteiger partial charge >= 0.3 is 5.97 Å². The van der Waals surface area contributed by atoms with E-state index in [4.69, 9.17) is 10.8 Å². The van der Waals surface area contributed by atoms with Gasteiger partial charge in [-0.3, -0.25) is 4.79 Å². The number of nitrogens with two attached hydrogens (primary N) is 1. The van der Waals surface area contributed by atoms with Gasteiger partial charge in [0.15, 0.2) is 0 Å². The molecule has 0 bridgehead atoms. The Kier molecular flexibility index (Phi) is 4.22. The van der Waals surface area contributed by atoms with Crippen molar-refractivity contribution in [1.29, 1.82) is 0 Å². The first-order valence-electron chi connectivity index (χ1n) is 6.74. The molecule has 0 saturated heterocycles. The summed E-state index contributed by atoms with van der Waals surface area (Å²) in [5, 5.41) is 9.12. The number of carboxylic acid groups (broad SMARTS) is 1. The molecule has 6 heteroatoms. The van der Waals surface area contributed by atoms with E-state index in [9.17, 15) is 9.59 Å². The van der Waals surface area contributed by atoms with Crippen molar-refractivity contribution in [1.82, 2.24) is 4.98 Å². The van der Waals surface area contributed by atoms with E-state index >= 15 is 0 Å². The van der Waals surface area contributed by atoms with Crippen molar-refractivity contribution in [2.24, 2.45) is 5.73 Å². The van der Waals surface area contributed by atoms with Gasteiger partial charge in [-0.15, -0.1) is 0 Å². The number of pyridine rings is 1. The average molecular weight is 277 g/mol. The van der Waals surface area contributed by atoms with E-state index in [-0.39, 0.29) is 18.2 Å². The van der Waals surface area contributed by atoms with Gasteiger partial charge < -0.3 is 15.7 Å². The second kappa shape index (κ2) is 5.90. The summed E-state index contributed by atoms with van der Waals surface area (Å²) in [6.45, 7) is 1.81. The van der Waals surface area contributed by atoms with Crippen molar-refractivity contribution in [2.75, 3.05) is 11.4 Å². The largest absolute Gasteiger partial charge is 0.478 e. The number of hydrogen-bond donors (Lipinski definition) is 2. The van der Waals surface area contributed by atoms with Crippen molar-refractivity contribution < 1.29 is 14.7 Å². The van der Waals surface area contributed by atoms with Crippen LogP contribution in [0.5, 0.6) is 0 Å². The first kappa shape index (κ1) is 14.3. The van der Waals surface area contributed by atoms with Crippen LogP contribution in [0.25, 0.3) is 0 Å². The fraction of sp³-hybridized carbons (Fsp3) is 0.500. The van der Waals surface area contributed by atoms with Gasteiger partial charge in [-0.05, 0) is 31.9 Å². The van der Waals surface area contributed by atoms with Crippen LogP contribution in [0, 0.1) is 6.92 Å². The third-order valence-electron chi connectivity index (χ3n) is 3.57. The lowest BCUT2D eigenvalue weighted by atomic mass is 10.1. The first-order valence-corrected chi connectivity index (χ1v) is 6.74. The molecule has 0 atom stereocenters. The van der Waals surface area contributed by atoms with E-state index in [2.05, 4.69) is 4.98 Å². The lowest BCUT2D eigenvalue weighted by molar-refractivity contribution is -0.116. The summed E-state index contributed by atoms with van der Waals surface area (Å²) < 4.78 is 0. The maximum absolute atomic E-state index is 11.3. The Bertz CT molecular complexity index is 524. The fourth-order valence-corrected chi connectivity index (χ4v) is 2.70. The summed E-state index contributed by atoms with van der Waals surface area (Å²) in [6, 6.07) is 3.23. The second-order valence-corrected chi connectivity index (χ2v) is 5.19. The van der Waals surface area contributed by atoms with Crippen LogP contribution in [0.1, 0.15) is 41.7 Å². The molecule has 3 N–H and O–H groups in total.